The molecule has 0 bridgehead atoms. The molecule has 0 saturated carbocycles. The van der Waals surface area contributed by atoms with Gasteiger partial charge in [-0.15, -0.1) is 0 Å². The summed E-state index contributed by atoms with van der Waals surface area (Å²) in [7, 11) is 1.31. The highest BCUT2D eigenvalue weighted by atomic mass is 35.5. The number of rotatable bonds is 2. The molecule has 1 heterocycles. The van der Waals surface area contributed by atoms with E-state index in [0.717, 1.165) is 11.1 Å². The van der Waals surface area contributed by atoms with E-state index in [-0.39, 0.29) is 13.5 Å². The van der Waals surface area contributed by atoms with E-state index in [1.54, 1.807) is 18.2 Å². The zero-order valence-corrected chi connectivity index (χ0v) is 11.6. The lowest BCUT2D eigenvalue weighted by Gasteiger charge is -2.34. The van der Waals surface area contributed by atoms with Crippen LogP contribution in [0, 0.1) is 0 Å². The Kier molecular flexibility index (Phi) is 3.16. The van der Waals surface area contributed by atoms with Crippen LogP contribution in [-0.2, 0) is 20.7 Å². The molecule has 1 unspecified atom stereocenters. The number of ether oxygens (including phenoxy) is 2. The maximum atomic E-state index is 12.2. The van der Waals surface area contributed by atoms with Gasteiger partial charge >= 0.3 is 5.97 Å². The van der Waals surface area contributed by atoms with Gasteiger partial charge < -0.3 is 14.6 Å². The molecule has 1 aromatic rings. The summed E-state index contributed by atoms with van der Waals surface area (Å²) >= 11 is 5.99. The number of nitrogens with zero attached hydrogens (tertiary/aromatic N) is 2. The van der Waals surface area contributed by atoms with Gasteiger partial charge in [0.05, 0.1) is 7.11 Å². The van der Waals surface area contributed by atoms with Crippen molar-refractivity contribution < 1.29 is 19.4 Å². The second-order valence-electron chi connectivity index (χ2n) is 4.67. The lowest BCUT2D eigenvalue weighted by molar-refractivity contribution is -0.170. The lowest BCUT2D eigenvalue weighted by atomic mass is 9.97. The van der Waals surface area contributed by atoms with Crippen LogP contribution in [0.3, 0.4) is 0 Å². The van der Waals surface area contributed by atoms with Crippen LogP contribution in [-0.4, -0.2) is 48.0 Å². The van der Waals surface area contributed by atoms with Crippen LogP contribution in [0.25, 0.3) is 0 Å². The molecule has 1 atom stereocenters. The fourth-order valence-corrected chi connectivity index (χ4v) is 2.78. The summed E-state index contributed by atoms with van der Waals surface area (Å²) in [5.41, 5.74) is 0.878. The average molecular weight is 297 g/mol. The largest absolute Gasteiger partial charge is 0.467 e. The molecule has 0 saturated heterocycles. The Bertz CT molecular complexity index is 604. The molecule has 2 aliphatic rings. The van der Waals surface area contributed by atoms with Gasteiger partial charge in [-0.2, -0.15) is 5.10 Å². The van der Waals surface area contributed by atoms with Gasteiger partial charge in [0.15, 0.2) is 0 Å². The van der Waals surface area contributed by atoms with Gasteiger partial charge in [0.1, 0.15) is 19.2 Å². The number of hydrogen-bond donors (Lipinski definition) is 1. The van der Waals surface area contributed by atoms with Crippen LogP contribution in [0.4, 0.5) is 0 Å². The Hall–Kier alpha value is -1.63. The summed E-state index contributed by atoms with van der Waals surface area (Å²) in [5.74, 6) is -0.499. The highest BCUT2D eigenvalue weighted by molar-refractivity contribution is 6.31. The van der Waals surface area contributed by atoms with Crippen molar-refractivity contribution >= 4 is 23.3 Å². The topological polar surface area (TPSA) is 71.4 Å². The summed E-state index contributed by atoms with van der Waals surface area (Å²) in [6, 6.07) is 5.31. The Morgan fingerprint density at radius 1 is 1.65 bits per heavy atom. The van der Waals surface area contributed by atoms with E-state index in [4.69, 9.17) is 21.1 Å². The number of carbonyl (C=O) groups excluding carboxylic acids is 1. The molecule has 0 fully saturated rings. The molecule has 0 radical (unpaired) electrons. The molecule has 0 aromatic heterocycles. The first-order valence-corrected chi connectivity index (χ1v) is 6.44. The van der Waals surface area contributed by atoms with Crippen molar-refractivity contribution in [1.29, 1.82) is 0 Å². The molecule has 1 aliphatic carbocycles. The number of fused-ring (bicyclic) bond motifs is 3. The van der Waals surface area contributed by atoms with Crippen molar-refractivity contribution in [2.45, 2.75) is 12.0 Å². The molecule has 3 rings (SSSR count). The number of benzene rings is 1. The minimum Gasteiger partial charge on any atom is -0.467 e. The number of aliphatic hydroxyl groups excluding tert-OH is 1. The maximum absolute atomic E-state index is 12.2. The summed E-state index contributed by atoms with van der Waals surface area (Å²) in [6.45, 7) is -0.263. The second kappa shape index (κ2) is 4.73. The van der Waals surface area contributed by atoms with Crippen LogP contribution in [0.1, 0.15) is 11.1 Å². The summed E-state index contributed by atoms with van der Waals surface area (Å²) in [6.07, 6.45) is 0.327. The molecule has 1 aliphatic heterocycles. The molecule has 106 valence electrons. The van der Waals surface area contributed by atoms with Gasteiger partial charge in [0, 0.05) is 17.0 Å². The standard InChI is InChI=1S/C13H13ClN2O4/c1-19-12(18)13-5-8-4-9(14)2-3-10(8)11(13)15-16(6-17)7-20-13/h2-4,17H,5-7H2,1H3. The number of hydrazone groups is 1. The van der Waals surface area contributed by atoms with Gasteiger partial charge in [-0.3, -0.25) is 0 Å². The molecule has 1 aromatic carbocycles. The molecular weight excluding hydrogens is 284 g/mol. The van der Waals surface area contributed by atoms with Crippen LogP contribution in [0.2, 0.25) is 5.02 Å². The van der Waals surface area contributed by atoms with Gasteiger partial charge in [0.2, 0.25) is 5.60 Å². The van der Waals surface area contributed by atoms with Crippen LogP contribution >= 0.6 is 11.6 Å². The Morgan fingerprint density at radius 3 is 3.15 bits per heavy atom. The number of halogens is 1. The molecule has 0 amide bonds. The van der Waals surface area contributed by atoms with Crippen molar-refractivity contribution in [1.82, 2.24) is 5.01 Å². The second-order valence-corrected chi connectivity index (χ2v) is 5.10. The van der Waals surface area contributed by atoms with Gasteiger partial charge in [-0.1, -0.05) is 17.7 Å². The van der Waals surface area contributed by atoms with Crippen LogP contribution in [0.15, 0.2) is 23.3 Å². The van der Waals surface area contributed by atoms with E-state index in [1.807, 2.05) is 0 Å². The smallest absolute Gasteiger partial charge is 0.345 e. The quantitative estimate of drug-likeness (QED) is 0.816. The van der Waals surface area contributed by atoms with Gasteiger partial charge in [-0.25, -0.2) is 9.80 Å². The van der Waals surface area contributed by atoms with Crippen molar-refractivity contribution in [3.63, 3.8) is 0 Å². The van der Waals surface area contributed by atoms with E-state index in [0.29, 0.717) is 17.2 Å². The third-order valence-electron chi connectivity index (χ3n) is 3.52. The first-order chi connectivity index (χ1) is 9.60. The van der Waals surface area contributed by atoms with E-state index < -0.39 is 11.6 Å². The van der Waals surface area contributed by atoms with Gasteiger partial charge in [0.25, 0.3) is 0 Å². The normalized spacial score (nSPS) is 23.9. The molecule has 7 heteroatoms. The number of carbonyl (C=O) groups is 1. The highest BCUT2D eigenvalue weighted by Gasteiger charge is 2.54. The first-order valence-electron chi connectivity index (χ1n) is 6.07. The van der Waals surface area contributed by atoms with E-state index >= 15 is 0 Å². The van der Waals surface area contributed by atoms with Gasteiger partial charge in [-0.05, 0) is 17.7 Å². The van der Waals surface area contributed by atoms with E-state index in [2.05, 4.69) is 5.10 Å². The minimum atomic E-state index is -1.24. The number of aliphatic hydroxyl groups is 1. The summed E-state index contributed by atoms with van der Waals surface area (Å²) in [5, 5.41) is 15.4. The molecule has 6 nitrogen and oxygen atoms in total. The SMILES string of the molecule is COC(=O)C12Cc3cc(Cl)ccc3C1=NN(CO)CO2. The molecule has 20 heavy (non-hydrogen) atoms. The maximum Gasteiger partial charge on any atom is 0.345 e. The van der Waals surface area contributed by atoms with Crippen LogP contribution in [0.5, 0.6) is 0 Å². The summed E-state index contributed by atoms with van der Waals surface area (Å²) in [4.78, 5) is 12.2. The number of esters is 1. The lowest BCUT2D eigenvalue weighted by Crippen LogP contribution is -2.54. The van der Waals surface area contributed by atoms with Crippen LogP contribution < -0.4 is 0 Å². The third-order valence-corrected chi connectivity index (χ3v) is 3.76. The number of hydrogen-bond acceptors (Lipinski definition) is 6. The Morgan fingerprint density at radius 2 is 2.45 bits per heavy atom. The highest BCUT2D eigenvalue weighted by Crippen LogP contribution is 2.38. The predicted molar refractivity (Wildman–Crippen MR) is 71.3 cm³/mol. The zero-order chi connectivity index (χ0) is 14.3. The third kappa shape index (κ3) is 1.80. The first kappa shape index (κ1) is 13.4. The molecule has 1 N–H and O–H groups in total. The average Bonchev–Trinajstić information content (AvgIpc) is 2.79. The Balaban J connectivity index is 2.15. The van der Waals surface area contributed by atoms with Crippen molar-refractivity contribution in [3.05, 3.63) is 34.3 Å². The molecular formula is C13H13ClN2O4. The van der Waals surface area contributed by atoms with Crippen molar-refractivity contribution in [3.8, 4) is 0 Å². The fraction of sp³-hybridized carbons (Fsp3) is 0.385. The fourth-order valence-electron chi connectivity index (χ4n) is 2.58. The molecule has 0 spiro atoms. The summed E-state index contributed by atoms with van der Waals surface area (Å²) < 4.78 is 10.6. The number of methoxy groups -OCH3 is 1. The van der Waals surface area contributed by atoms with Crippen molar-refractivity contribution in [2.24, 2.45) is 5.10 Å². The van der Waals surface area contributed by atoms with Crippen molar-refractivity contribution in [2.75, 3.05) is 20.6 Å². The van der Waals surface area contributed by atoms with E-state index in [9.17, 15) is 9.90 Å². The zero-order valence-electron chi connectivity index (χ0n) is 10.8. The van der Waals surface area contributed by atoms with E-state index in [1.165, 1.54) is 12.1 Å². The minimum absolute atomic E-state index is 0.0246. The monoisotopic (exact) mass is 296 g/mol. The predicted octanol–water partition coefficient (Wildman–Crippen LogP) is 0.751. The Labute approximate surface area is 120 Å².